The van der Waals surface area contributed by atoms with Crippen molar-refractivity contribution in [3.05, 3.63) is 64.8 Å². The van der Waals surface area contributed by atoms with Gasteiger partial charge in [-0.25, -0.2) is 12.4 Å². The van der Waals surface area contributed by atoms with E-state index in [0.29, 0.717) is 4.90 Å². The molecule has 1 fully saturated rings. The minimum absolute atomic E-state index is 0.420. The van der Waals surface area contributed by atoms with Crippen LogP contribution in [0.4, 0.5) is 0 Å². The molecule has 0 unspecified atom stereocenters. The molecule has 1 aliphatic carbocycles. The molecule has 0 saturated heterocycles. The monoisotopic (exact) mass is 353 g/mol. The highest BCUT2D eigenvalue weighted by Gasteiger charge is 2.25. The van der Waals surface area contributed by atoms with Crippen LogP contribution in [0.15, 0.2) is 47.5 Å². The Bertz CT molecular complexity index is 1050. The lowest BCUT2D eigenvalue weighted by atomic mass is 10.1. The lowest BCUT2D eigenvalue weighted by Crippen LogP contribution is -2.15. The van der Waals surface area contributed by atoms with E-state index in [0.717, 1.165) is 39.9 Å². The SMILES string of the molecule is Cc1cc(C)c(S(=O)(=O)n2ccc3ccc(CC4CC4)cc32)c(C)c1. The molecule has 0 N–H and O–H groups in total. The van der Waals surface area contributed by atoms with E-state index in [9.17, 15) is 8.42 Å². The Morgan fingerprint density at radius 2 is 1.68 bits per heavy atom. The molecule has 130 valence electrons. The van der Waals surface area contributed by atoms with Crippen LogP contribution in [-0.4, -0.2) is 12.4 Å². The van der Waals surface area contributed by atoms with Crippen LogP contribution in [0.2, 0.25) is 0 Å². The standard InChI is InChI=1S/C21H23NO2S/c1-14-10-15(2)21(16(3)11-14)25(23,24)22-9-8-19-7-6-18(13-20(19)22)12-17-4-5-17/h6-11,13,17H,4-5,12H2,1-3H3. The number of nitrogens with zero attached hydrogens (tertiary/aromatic N) is 1. The highest BCUT2D eigenvalue weighted by Crippen LogP contribution is 2.34. The van der Waals surface area contributed by atoms with E-state index in [1.807, 2.05) is 51.1 Å². The average Bonchev–Trinajstić information content (AvgIpc) is 3.21. The first kappa shape index (κ1) is 16.4. The predicted octanol–water partition coefficient (Wildman–Crippen LogP) is 4.76. The fraction of sp³-hybridized carbons (Fsp3) is 0.333. The third kappa shape index (κ3) is 2.89. The zero-order chi connectivity index (χ0) is 17.8. The van der Waals surface area contributed by atoms with Crippen LogP contribution in [0.5, 0.6) is 0 Å². The van der Waals surface area contributed by atoms with Gasteiger partial charge in [-0.2, -0.15) is 0 Å². The van der Waals surface area contributed by atoms with E-state index >= 15 is 0 Å². The average molecular weight is 353 g/mol. The van der Waals surface area contributed by atoms with Gasteiger partial charge in [-0.1, -0.05) is 29.8 Å². The lowest BCUT2D eigenvalue weighted by Gasteiger charge is -2.14. The van der Waals surface area contributed by atoms with Gasteiger partial charge in [-0.15, -0.1) is 0 Å². The van der Waals surface area contributed by atoms with Crippen LogP contribution in [0, 0.1) is 26.7 Å². The van der Waals surface area contributed by atoms with Gasteiger partial charge in [0.15, 0.2) is 0 Å². The van der Waals surface area contributed by atoms with Gasteiger partial charge in [0.05, 0.1) is 10.4 Å². The number of aromatic nitrogens is 1. The quantitative estimate of drug-likeness (QED) is 0.678. The summed E-state index contributed by atoms with van der Waals surface area (Å²) in [5.74, 6) is 0.777. The number of hydrogen-bond acceptors (Lipinski definition) is 2. The molecule has 2 aromatic carbocycles. The van der Waals surface area contributed by atoms with Crippen molar-refractivity contribution >= 4 is 20.9 Å². The molecule has 0 spiro atoms. The Hall–Kier alpha value is -2.07. The second-order valence-corrected chi connectivity index (χ2v) is 9.14. The lowest BCUT2D eigenvalue weighted by molar-refractivity contribution is 0.588. The molecular weight excluding hydrogens is 330 g/mol. The summed E-state index contributed by atoms with van der Waals surface area (Å²) in [6.45, 7) is 5.74. The number of benzene rings is 2. The first-order chi connectivity index (χ1) is 11.9. The summed E-state index contributed by atoms with van der Waals surface area (Å²) in [6.07, 6.45) is 5.31. The summed E-state index contributed by atoms with van der Waals surface area (Å²) in [5, 5.41) is 0.963. The van der Waals surface area contributed by atoms with Crippen LogP contribution >= 0.6 is 0 Å². The number of fused-ring (bicyclic) bond motifs is 1. The van der Waals surface area contributed by atoms with Crippen LogP contribution in [0.25, 0.3) is 10.9 Å². The van der Waals surface area contributed by atoms with Crippen LogP contribution in [0.3, 0.4) is 0 Å². The largest absolute Gasteiger partial charge is 0.268 e. The minimum atomic E-state index is -3.61. The molecule has 0 bridgehead atoms. The summed E-state index contributed by atoms with van der Waals surface area (Å²) < 4.78 is 28.2. The van der Waals surface area contributed by atoms with Crippen LogP contribution in [-0.2, 0) is 16.4 Å². The Balaban J connectivity index is 1.88. The summed E-state index contributed by atoms with van der Waals surface area (Å²) in [5.41, 5.74) is 4.68. The van der Waals surface area contributed by atoms with Crippen LogP contribution in [0.1, 0.15) is 35.1 Å². The molecule has 1 heterocycles. The summed E-state index contributed by atoms with van der Waals surface area (Å²) in [7, 11) is -3.61. The van der Waals surface area contributed by atoms with Gasteiger partial charge in [0.25, 0.3) is 10.0 Å². The molecule has 3 aromatic rings. The van der Waals surface area contributed by atoms with Gasteiger partial charge in [0.2, 0.25) is 0 Å². The third-order valence-corrected chi connectivity index (χ3v) is 7.06. The molecule has 4 heteroatoms. The highest BCUT2D eigenvalue weighted by atomic mass is 32.2. The van der Waals surface area contributed by atoms with Gasteiger partial charge in [0, 0.05) is 11.6 Å². The van der Waals surface area contributed by atoms with E-state index in [2.05, 4.69) is 6.07 Å². The number of rotatable bonds is 4. The van der Waals surface area contributed by atoms with Crippen molar-refractivity contribution in [1.29, 1.82) is 0 Å². The molecule has 0 aliphatic heterocycles. The van der Waals surface area contributed by atoms with E-state index in [1.165, 1.54) is 22.4 Å². The summed E-state index contributed by atoms with van der Waals surface area (Å²) in [4.78, 5) is 0.420. The molecule has 4 rings (SSSR count). The van der Waals surface area contributed by atoms with Crippen molar-refractivity contribution in [2.75, 3.05) is 0 Å². The maximum absolute atomic E-state index is 13.4. The Morgan fingerprint density at radius 3 is 2.32 bits per heavy atom. The molecule has 1 aromatic heterocycles. The molecule has 0 atom stereocenters. The third-order valence-electron chi connectivity index (χ3n) is 5.06. The zero-order valence-corrected chi connectivity index (χ0v) is 15.7. The summed E-state index contributed by atoms with van der Waals surface area (Å²) >= 11 is 0. The van der Waals surface area contributed by atoms with Gasteiger partial charge in [0.1, 0.15) is 0 Å². The zero-order valence-electron chi connectivity index (χ0n) is 14.9. The normalized spacial score (nSPS) is 15.0. The Morgan fingerprint density at radius 1 is 1.00 bits per heavy atom. The molecule has 3 nitrogen and oxygen atoms in total. The van der Waals surface area contributed by atoms with Crippen LogP contribution < -0.4 is 0 Å². The maximum Gasteiger partial charge on any atom is 0.268 e. The summed E-state index contributed by atoms with van der Waals surface area (Å²) in [6, 6.07) is 12.0. The molecular formula is C21H23NO2S. The first-order valence-corrected chi connectivity index (χ1v) is 10.2. The second kappa shape index (κ2) is 5.73. The Kier molecular flexibility index (Phi) is 3.76. The topological polar surface area (TPSA) is 39.1 Å². The van der Waals surface area contributed by atoms with Gasteiger partial charge >= 0.3 is 0 Å². The fourth-order valence-electron chi connectivity index (χ4n) is 3.81. The molecule has 1 aliphatic rings. The van der Waals surface area contributed by atoms with Crippen molar-refractivity contribution in [1.82, 2.24) is 3.97 Å². The minimum Gasteiger partial charge on any atom is -0.241 e. The van der Waals surface area contributed by atoms with Crippen molar-refractivity contribution in [3.8, 4) is 0 Å². The smallest absolute Gasteiger partial charge is 0.241 e. The van der Waals surface area contributed by atoms with Crippen molar-refractivity contribution in [2.24, 2.45) is 5.92 Å². The number of aryl methyl sites for hydroxylation is 3. The fourth-order valence-corrected chi connectivity index (χ4v) is 5.58. The highest BCUT2D eigenvalue weighted by molar-refractivity contribution is 7.90. The van der Waals surface area contributed by atoms with Crippen molar-refractivity contribution in [3.63, 3.8) is 0 Å². The van der Waals surface area contributed by atoms with Gasteiger partial charge in [-0.05, 0) is 74.8 Å². The van der Waals surface area contributed by atoms with Gasteiger partial charge in [-0.3, -0.25) is 0 Å². The van der Waals surface area contributed by atoms with Gasteiger partial charge < -0.3 is 0 Å². The van der Waals surface area contributed by atoms with Crippen molar-refractivity contribution < 1.29 is 8.42 Å². The Labute approximate surface area is 149 Å². The van der Waals surface area contributed by atoms with E-state index in [1.54, 1.807) is 6.20 Å². The van der Waals surface area contributed by atoms with E-state index in [-0.39, 0.29) is 0 Å². The number of hydrogen-bond donors (Lipinski definition) is 0. The molecule has 1 saturated carbocycles. The maximum atomic E-state index is 13.4. The molecule has 0 radical (unpaired) electrons. The second-order valence-electron chi connectivity index (χ2n) is 7.39. The van der Waals surface area contributed by atoms with E-state index in [4.69, 9.17) is 0 Å². The predicted molar refractivity (Wildman–Crippen MR) is 102 cm³/mol. The molecule has 0 amide bonds. The van der Waals surface area contributed by atoms with E-state index < -0.39 is 10.0 Å². The van der Waals surface area contributed by atoms with Crippen molar-refractivity contribution in [2.45, 2.75) is 44.9 Å². The molecule has 25 heavy (non-hydrogen) atoms. The first-order valence-electron chi connectivity index (χ1n) is 8.79.